The maximum Gasteiger partial charge on any atom is 0.534 e. The van der Waals surface area contributed by atoms with Gasteiger partial charge in [0.05, 0.1) is 5.39 Å². The molecule has 1 aromatic carbocycles. The molecular formula is C12H9F6NO4S. The average Bonchev–Trinajstić information content (AvgIpc) is 2.84. The van der Waals surface area contributed by atoms with E-state index in [0.29, 0.717) is 6.07 Å². The van der Waals surface area contributed by atoms with Crippen molar-refractivity contribution in [1.29, 1.82) is 0 Å². The van der Waals surface area contributed by atoms with Crippen LogP contribution in [0.15, 0.2) is 16.7 Å². The lowest BCUT2D eigenvalue weighted by Crippen LogP contribution is -2.28. The second-order valence-electron chi connectivity index (χ2n) is 4.68. The van der Waals surface area contributed by atoms with Crippen molar-refractivity contribution < 1.29 is 43.5 Å². The van der Waals surface area contributed by atoms with Crippen LogP contribution in [0.5, 0.6) is 5.75 Å². The monoisotopic (exact) mass is 377 g/mol. The van der Waals surface area contributed by atoms with Crippen molar-refractivity contribution in [2.75, 3.05) is 0 Å². The Hall–Kier alpha value is -1.98. The minimum Gasteiger partial charge on any atom is -0.376 e. The fourth-order valence-electron chi connectivity index (χ4n) is 1.98. The molecule has 1 heterocycles. The number of nitrogens with zero attached hydrogens (tertiary/aromatic N) is 1. The molecule has 0 unspecified atom stereocenters. The molecule has 12 heteroatoms. The summed E-state index contributed by atoms with van der Waals surface area (Å²) in [6, 6.07) is 1.46. The molecule has 0 bridgehead atoms. The van der Waals surface area contributed by atoms with E-state index in [1.165, 1.54) is 0 Å². The van der Waals surface area contributed by atoms with Gasteiger partial charge in [0.1, 0.15) is 5.75 Å². The van der Waals surface area contributed by atoms with Gasteiger partial charge in [-0.15, -0.1) is 0 Å². The van der Waals surface area contributed by atoms with Gasteiger partial charge in [-0.3, -0.25) is 0 Å². The lowest BCUT2D eigenvalue weighted by atomic mass is 10.0. The van der Waals surface area contributed by atoms with E-state index >= 15 is 0 Å². The van der Waals surface area contributed by atoms with Crippen LogP contribution in [0.25, 0.3) is 11.0 Å². The van der Waals surface area contributed by atoms with Crippen LogP contribution in [0.4, 0.5) is 26.3 Å². The molecule has 0 radical (unpaired) electrons. The van der Waals surface area contributed by atoms with E-state index in [0.717, 1.165) is 6.07 Å². The van der Waals surface area contributed by atoms with Gasteiger partial charge in [0.2, 0.25) is 0 Å². The zero-order valence-electron chi connectivity index (χ0n) is 11.8. The van der Waals surface area contributed by atoms with Gasteiger partial charge in [-0.05, 0) is 18.6 Å². The highest BCUT2D eigenvalue weighted by Crippen LogP contribution is 2.39. The second-order valence-corrected chi connectivity index (χ2v) is 6.22. The zero-order valence-corrected chi connectivity index (χ0v) is 12.6. The Kier molecular flexibility index (Phi) is 4.46. The molecule has 0 amide bonds. The van der Waals surface area contributed by atoms with Crippen LogP contribution in [0.2, 0.25) is 0 Å². The maximum atomic E-state index is 12.8. The number of halogens is 6. The molecule has 0 atom stereocenters. The molecule has 0 aliphatic carbocycles. The predicted octanol–water partition coefficient (Wildman–Crippen LogP) is 4.03. The molecule has 0 saturated carbocycles. The molecule has 2 rings (SSSR count). The highest BCUT2D eigenvalue weighted by Gasteiger charge is 2.49. The summed E-state index contributed by atoms with van der Waals surface area (Å²) in [7, 11) is -5.97. The summed E-state index contributed by atoms with van der Waals surface area (Å²) in [5.41, 5.74) is -7.76. The first kappa shape index (κ1) is 18.4. The van der Waals surface area contributed by atoms with Gasteiger partial charge in [-0.25, -0.2) is 0 Å². The fourth-order valence-corrected chi connectivity index (χ4v) is 2.46. The van der Waals surface area contributed by atoms with Crippen LogP contribution in [0.1, 0.15) is 24.6 Å². The summed E-state index contributed by atoms with van der Waals surface area (Å²) >= 11 is 0. The third kappa shape index (κ3) is 3.28. The summed E-state index contributed by atoms with van der Waals surface area (Å²) in [4.78, 5) is 0. The number of alkyl halides is 6. The molecule has 134 valence electrons. The molecule has 0 saturated heterocycles. The third-order valence-electron chi connectivity index (χ3n) is 2.95. The van der Waals surface area contributed by atoms with Gasteiger partial charge in [0.25, 0.3) is 0 Å². The van der Waals surface area contributed by atoms with Crippen LogP contribution < -0.4 is 4.18 Å². The summed E-state index contributed by atoms with van der Waals surface area (Å²) in [6.07, 6.45) is -4.63. The molecule has 0 spiro atoms. The number of hydrogen-bond donors (Lipinski definition) is 0. The molecule has 24 heavy (non-hydrogen) atoms. The molecule has 0 aliphatic heterocycles. The molecule has 2 aromatic rings. The third-order valence-corrected chi connectivity index (χ3v) is 3.92. The van der Waals surface area contributed by atoms with Gasteiger partial charge >= 0.3 is 21.8 Å². The second kappa shape index (κ2) is 5.83. The van der Waals surface area contributed by atoms with E-state index in [1.54, 1.807) is 6.92 Å². The predicted molar refractivity (Wildman–Crippen MR) is 68.6 cm³/mol. The molecule has 5 nitrogen and oxygen atoms in total. The minimum absolute atomic E-state index is 0.0768. The molecule has 0 N–H and O–H groups in total. The van der Waals surface area contributed by atoms with E-state index in [2.05, 4.69) is 13.9 Å². The Morgan fingerprint density at radius 1 is 1.17 bits per heavy atom. The number of aryl methyl sites for hydroxylation is 1. The standard InChI is InChI=1S/C12H9F6NO4S/c1-2-3-6-8(23-24(20,21)12(16,17)18)5-4-7-9(6)22-19-10(7)11(13,14)15/h4-5H,2-3H2,1H3. The molecule has 1 aromatic heterocycles. The summed E-state index contributed by atoms with van der Waals surface area (Å²) in [5.74, 6) is -0.758. The summed E-state index contributed by atoms with van der Waals surface area (Å²) in [5, 5.41) is 2.37. The van der Waals surface area contributed by atoms with Gasteiger partial charge in [-0.2, -0.15) is 34.8 Å². The van der Waals surface area contributed by atoms with Crippen molar-refractivity contribution in [3.05, 3.63) is 23.4 Å². The smallest absolute Gasteiger partial charge is 0.376 e. The van der Waals surface area contributed by atoms with E-state index in [-0.39, 0.29) is 18.4 Å². The van der Waals surface area contributed by atoms with Crippen molar-refractivity contribution >= 4 is 21.1 Å². The Morgan fingerprint density at radius 2 is 1.79 bits per heavy atom. The number of fused-ring (bicyclic) bond motifs is 1. The Bertz CT molecular complexity index is 853. The van der Waals surface area contributed by atoms with Crippen LogP contribution in [0, 0.1) is 0 Å². The summed E-state index contributed by atoms with van der Waals surface area (Å²) < 4.78 is 106. The van der Waals surface area contributed by atoms with Crippen molar-refractivity contribution in [2.24, 2.45) is 0 Å². The topological polar surface area (TPSA) is 69.4 Å². The number of rotatable bonds is 4. The zero-order chi connectivity index (χ0) is 18.3. The summed E-state index contributed by atoms with van der Waals surface area (Å²) in [6.45, 7) is 1.59. The Balaban J connectivity index is 2.63. The Morgan fingerprint density at radius 3 is 2.29 bits per heavy atom. The highest BCUT2D eigenvalue weighted by molar-refractivity contribution is 7.88. The normalized spacial score (nSPS) is 13.5. The van der Waals surface area contributed by atoms with E-state index < -0.39 is 44.2 Å². The van der Waals surface area contributed by atoms with Gasteiger partial charge < -0.3 is 8.71 Å². The van der Waals surface area contributed by atoms with Gasteiger partial charge in [0.15, 0.2) is 11.3 Å². The van der Waals surface area contributed by atoms with Crippen molar-refractivity contribution in [3.63, 3.8) is 0 Å². The lowest BCUT2D eigenvalue weighted by Gasteiger charge is -2.12. The van der Waals surface area contributed by atoms with Crippen molar-refractivity contribution in [3.8, 4) is 5.75 Å². The first-order valence-corrected chi connectivity index (χ1v) is 7.78. The van der Waals surface area contributed by atoms with Crippen LogP contribution >= 0.6 is 0 Å². The molecular weight excluding hydrogens is 368 g/mol. The van der Waals surface area contributed by atoms with E-state index in [4.69, 9.17) is 0 Å². The number of hydrogen-bond acceptors (Lipinski definition) is 5. The van der Waals surface area contributed by atoms with Crippen molar-refractivity contribution in [1.82, 2.24) is 5.16 Å². The quantitative estimate of drug-likeness (QED) is 0.457. The fraction of sp³-hybridized carbons (Fsp3) is 0.417. The van der Waals surface area contributed by atoms with Crippen LogP contribution in [-0.2, 0) is 22.7 Å². The average molecular weight is 377 g/mol. The molecule has 0 aliphatic rings. The minimum atomic E-state index is -5.97. The van der Waals surface area contributed by atoms with Gasteiger partial charge in [0, 0.05) is 5.56 Å². The van der Waals surface area contributed by atoms with E-state index in [9.17, 15) is 34.8 Å². The number of aromatic nitrogens is 1. The van der Waals surface area contributed by atoms with Gasteiger partial charge in [-0.1, -0.05) is 18.5 Å². The van der Waals surface area contributed by atoms with Crippen LogP contribution in [0.3, 0.4) is 0 Å². The van der Waals surface area contributed by atoms with Crippen LogP contribution in [-0.4, -0.2) is 19.1 Å². The largest absolute Gasteiger partial charge is 0.534 e. The SMILES string of the molecule is CCCc1c(OS(=O)(=O)C(F)(F)F)ccc2c(C(F)(F)F)noc12. The first-order chi connectivity index (χ1) is 10.9. The highest BCUT2D eigenvalue weighted by atomic mass is 32.2. The van der Waals surface area contributed by atoms with E-state index in [1.807, 2.05) is 0 Å². The lowest BCUT2D eigenvalue weighted by molar-refractivity contribution is -0.141. The maximum absolute atomic E-state index is 12.8. The molecule has 0 fully saturated rings. The number of benzene rings is 1. The Labute approximate surface area is 131 Å². The van der Waals surface area contributed by atoms with Crippen molar-refractivity contribution in [2.45, 2.75) is 31.5 Å². The first-order valence-electron chi connectivity index (χ1n) is 6.37.